The van der Waals surface area contributed by atoms with Crippen LogP contribution in [0.4, 0.5) is 0 Å². The van der Waals surface area contributed by atoms with Crippen molar-refractivity contribution in [3.63, 3.8) is 0 Å². The van der Waals surface area contributed by atoms with E-state index in [1.54, 1.807) is 7.05 Å². The molecule has 0 aromatic heterocycles. The van der Waals surface area contributed by atoms with Gasteiger partial charge in [0, 0.05) is 17.7 Å². The smallest absolute Gasteiger partial charge is 0.353 e. The molecule has 0 aliphatic heterocycles. The molecule has 0 aliphatic rings. The van der Waals surface area contributed by atoms with Crippen LogP contribution in [0, 0.1) is 0 Å². The zero-order valence-corrected chi connectivity index (χ0v) is 6.11. The summed E-state index contributed by atoms with van der Waals surface area (Å²) in [5, 5.41) is 2.25. The van der Waals surface area contributed by atoms with Crippen LogP contribution in [-0.2, 0) is 14.1 Å². The third kappa shape index (κ3) is 549. The lowest BCUT2D eigenvalue weighted by molar-refractivity contribution is -0.109. The molecule has 7 heteroatoms. The van der Waals surface area contributed by atoms with Gasteiger partial charge in [0.05, 0.1) is 0 Å². The van der Waals surface area contributed by atoms with Crippen molar-refractivity contribution in [2.24, 2.45) is 0 Å². The summed E-state index contributed by atoms with van der Waals surface area (Å²) in [6.07, 6.45) is 0.625. The molecule has 0 unspecified atom stereocenters. The summed E-state index contributed by atoms with van der Waals surface area (Å²) >= 11 is 0. The van der Waals surface area contributed by atoms with E-state index in [1.807, 2.05) is 0 Å². The second-order valence-corrected chi connectivity index (χ2v) is 2.81. The van der Waals surface area contributed by atoms with Gasteiger partial charge in [-0.1, -0.05) is 0 Å². The van der Waals surface area contributed by atoms with E-state index in [0.29, 0.717) is 6.41 Å². The van der Waals surface area contributed by atoms with Gasteiger partial charge >= 0.3 is 9.33 Å². The molecule has 2 N–H and O–H groups in total. The molecule has 0 fully saturated rings. The molecule has 0 aromatic carbocycles. The van der Waals surface area contributed by atoms with E-state index in [2.05, 4.69) is 16.0 Å². The molecule has 56 valence electrons. The monoisotopic (exact) mass is 175 g/mol. The van der Waals surface area contributed by atoms with Crippen LogP contribution in [-0.4, -0.2) is 26.4 Å². The summed E-state index contributed by atoms with van der Waals surface area (Å²) in [6, 6.07) is 0. The van der Waals surface area contributed by atoms with Gasteiger partial charge in [0.2, 0.25) is 6.41 Å². The number of nitrogens with one attached hydrogen (secondary N) is 1. The maximum atomic E-state index is 9.06. The van der Waals surface area contributed by atoms with Gasteiger partial charge in [-0.3, -0.25) is 9.35 Å². The molecule has 9 heavy (non-hydrogen) atoms. The highest BCUT2D eigenvalue weighted by Gasteiger charge is 1.86. The molecule has 0 aromatic rings. The van der Waals surface area contributed by atoms with E-state index in [-0.39, 0.29) is 0 Å². The number of halogens is 1. The fourth-order valence-electron chi connectivity index (χ4n) is 0. The third-order valence-electron chi connectivity index (χ3n) is 0.118. The van der Waals surface area contributed by atoms with Gasteiger partial charge in [-0.2, -0.15) is 8.42 Å². The predicted octanol–water partition coefficient (Wildman–Crippen LogP) is -0.610. The van der Waals surface area contributed by atoms with Gasteiger partial charge in [-0.25, -0.2) is 0 Å². The summed E-state index contributed by atoms with van der Waals surface area (Å²) in [5.41, 5.74) is 0. The molecule has 0 rings (SSSR count). The normalized spacial score (nSPS) is 8.78. The Balaban J connectivity index is 0. The Bertz CT molecular complexity index is 144. The minimum absolute atomic E-state index is 0.625. The number of hydrogen-bond donors (Lipinski definition) is 2. The van der Waals surface area contributed by atoms with Crippen molar-refractivity contribution in [1.82, 2.24) is 5.32 Å². The lowest BCUT2D eigenvalue weighted by Gasteiger charge is -1.65. The first kappa shape index (κ1) is 11.5. The van der Waals surface area contributed by atoms with Gasteiger partial charge in [-0.05, 0) is 0 Å². The standard InChI is InChI=1S/C2H5NO.ClHO3S/c1-3-2-4;1-5(2,3)4/h2H,1H3,(H,3,4);(H,2,3,4). The van der Waals surface area contributed by atoms with E-state index in [1.165, 1.54) is 0 Å². The quantitative estimate of drug-likeness (QED) is 0.316. The van der Waals surface area contributed by atoms with E-state index >= 15 is 0 Å². The number of carbonyl (C=O) groups is 1. The molecule has 0 saturated heterocycles. The highest BCUT2D eigenvalue weighted by molar-refractivity contribution is 8.09. The Kier molecular flexibility index (Phi) is 7.39. The maximum absolute atomic E-state index is 9.06. The number of amides is 1. The van der Waals surface area contributed by atoms with Gasteiger partial charge in [-0.15, -0.1) is 0 Å². The minimum atomic E-state index is -4.19. The van der Waals surface area contributed by atoms with Crippen molar-refractivity contribution in [2.45, 2.75) is 0 Å². The van der Waals surface area contributed by atoms with Crippen molar-refractivity contribution in [2.75, 3.05) is 7.05 Å². The van der Waals surface area contributed by atoms with Gasteiger partial charge in [0.15, 0.2) is 0 Å². The largest absolute Gasteiger partial charge is 0.362 e. The van der Waals surface area contributed by atoms with E-state index in [4.69, 9.17) is 17.8 Å². The predicted molar refractivity (Wildman–Crippen MR) is 32.5 cm³/mol. The molecular formula is C2H6ClNO4S. The van der Waals surface area contributed by atoms with Crippen LogP contribution >= 0.6 is 10.7 Å². The van der Waals surface area contributed by atoms with Gasteiger partial charge in [0.25, 0.3) is 0 Å². The molecule has 0 aliphatic carbocycles. The van der Waals surface area contributed by atoms with Crippen molar-refractivity contribution < 1.29 is 17.8 Å². The lowest BCUT2D eigenvalue weighted by atomic mass is 11.2. The lowest BCUT2D eigenvalue weighted by Crippen LogP contribution is -1.98. The molecule has 0 atom stereocenters. The average Bonchev–Trinajstić information content (AvgIpc) is 1.61. The van der Waals surface area contributed by atoms with Crippen molar-refractivity contribution in [3.8, 4) is 0 Å². The van der Waals surface area contributed by atoms with Gasteiger partial charge < -0.3 is 5.32 Å². The third-order valence-corrected chi connectivity index (χ3v) is 0.118. The molecule has 0 saturated carbocycles. The number of rotatable bonds is 1. The Morgan fingerprint density at radius 2 is 1.78 bits per heavy atom. The summed E-state index contributed by atoms with van der Waals surface area (Å²) in [4.78, 5) is 9.06. The Morgan fingerprint density at radius 3 is 1.78 bits per heavy atom. The zero-order chi connectivity index (χ0) is 7.91. The fraction of sp³-hybridized carbons (Fsp3) is 0.500. The molecule has 0 spiro atoms. The Morgan fingerprint density at radius 1 is 1.67 bits per heavy atom. The molecule has 5 nitrogen and oxygen atoms in total. The molecule has 0 bridgehead atoms. The fourth-order valence-corrected chi connectivity index (χ4v) is 0. The molecular weight excluding hydrogens is 170 g/mol. The summed E-state index contributed by atoms with van der Waals surface area (Å²) in [6.45, 7) is 0. The van der Waals surface area contributed by atoms with Crippen LogP contribution in [0.25, 0.3) is 0 Å². The molecule has 0 heterocycles. The van der Waals surface area contributed by atoms with Crippen LogP contribution < -0.4 is 5.32 Å². The van der Waals surface area contributed by atoms with E-state index in [9.17, 15) is 0 Å². The van der Waals surface area contributed by atoms with Crippen molar-refractivity contribution >= 4 is 26.4 Å². The molecule has 1 amide bonds. The summed E-state index contributed by atoms with van der Waals surface area (Å²) < 4.78 is 25.2. The number of carbonyl (C=O) groups excluding carboxylic acids is 1. The number of hydrogen-bond acceptors (Lipinski definition) is 3. The van der Waals surface area contributed by atoms with Crippen LogP contribution in [0.3, 0.4) is 0 Å². The first-order valence-corrected chi connectivity index (χ1v) is 3.96. The zero-order valence-electron chi connectivity index (χ0n) is 4.54. The molecule has 0 radical (unpaired) electrons. The van der Waals surface area contributed by atoms with Crippen molar-refractivity contribution in [1.29, 1.82) is 0 Å². The van der Waals surface area contributed by atoms with Crippen LogP contribution in [0.2, 0.25) is 0 Å². The SMILES string of the molecule is CNC=O.O=S(=O)(O)Cl. The Labute approximate surface area is 57.3 Å². The van der Waals surface area contributed by atoms with Crippen LogP contribution in [0.5, 0.6) is 0 Å². The Hall–Kier alpha value is -0.330. The maximum Gasteiger partial charge on any atom is 0.353 e. The van der Waals surface area contributed by atoms with Gasteiger partial charge in [0.1, 0.15) is 0 Å². The first-order chi connectivity index (χ1) is 3.91. The van der Waals surface area contributed by atoms with Crippen molar-refractivity contribution in [3.05, 3.63) is 0 Å². The average molecular weight is 176 g/mol. The van der Waals surface area contributed by atoms with Crippen LogP contribution in [0.15, 0.2) is 0 Å². The second-order valence-electron chi connectivity index (χ2n) is 0.819. The van der Waals surface area contributed by atoms with Crippen LogP contribution in [0.1, 0.15) is 0 Å². The first-order valence-electron chi connectivity index (χ1n) is 1.69. The summed E-state index contributed by atoms with van der Waals surface area (Å²) in [5.74, 6) is 0. The highest BCUT2D eigenvalue weighted by Crippen LogP contribution is 1.82. The summed E-state index contributed by atoms with van der Waals surface area (Å²) in [7, 11) is 1.43. The topological polar surface area (TPSA) is 83.5 Å². The van der Waals surface area contributed by atoms with E-state index < -0.39 is 9.33 Å². The highest BCUT2D eigenvalue weighted by atomic mass is 35.7. The van der Waals surface area contributed by atoms with E-state index in [0.717, 1.165) is 0 Å². The minimum Gasteiger partial charge on any atom is -0.362 e. The second kappa shape index (κ2) is 5.80.